The van der Waals surface area contributed by atoms with Crippen LogP contribution < -0.4 is 5.32 Å². The lowest BCUT2D eigenvalue weighted by molar-refractivity contribution is -0.302. The van der Waals surface area contributed by atoms with Gasteiger partial charge in [-0.25, -0.2) is 0 Å². The van der Waals surface area contributed by atoms with Crippen LogP contribution in [-0.4, -0.2) is 87.5 Å². The third kappa shape index (κ3) is 44.9. The standard InChI is InChI=1S/C67H125NO8/c1-3-5-7-9-11-13-15-17-19-21-23-25-26-27-28-29-30-31-32-33-34-35-37-38-40-42-44-46-48-50-52-54-56-61(70)60(59-75-67-66(74)65(73)64(72)62(58-69)76-67)68-63(71)57-55-53-51-49-47-45-43-41-39-36-24-22-20-18-16-14-12-10-8-6-4-2/h16,18,22,24,39,41,54,56,60-62,64-67,69-70,72-74H,3-15,17,19-21,23,25-38,40,42-53,55,57-59H2,1-2H3,(H,68,71)/b18-16-,24-22-,41-39-,56-54+. The SMILES string of the molecule is CCCCCCC/C=C\C/C=C\C/C=C\CCCCCCCCC(=O)NC(COC1OC(CO)C(O)C(O)C1O)C(O)/C=C/CCCCCCCCCCCCCCCCCCCCCCCCCCCCCCCC. The topological polar surface area (TPSA) is 149 Å². The molecule has 6 N–H and O–H groups in total. The summed E-state index contributed by atoms with van der Waals surface area (Å²) in [4.78, 5) is 13.1. The number of carbonyl (C=O) groups is 1. The molecule has 1 fully saturated rings. The Bertz CT molecular complexity index is 1340. The van der Waals surface area contributed by atoms with Gasteiger partial charge >= 0.3 is 0 Å². The van der Waals surface area contributed by atoms with Gasteiger partial charge in [-0.05, 0) is 57.8 Å². The molecule has 1 aliphatic rings. The highest BCUT2D eigenvalue weighted by molar-refractivity contribution is 5.76. The van der Waals surface area contributed by atoms with Gasteiger partial charge in [-0.1, -0.05) is 300 Å². The number of ether oxygens (including phenoxy) is 2. The lowest BCUT2D eigenvalue weighted by Crippen LogP contribution is -2.60. The van der Waals surface area contributed by atoms with E-state index < -0.39 is 49.5 Å². The van der Waals surface area contributed by atoms with Crippen molar-refractivity contribution in [3.63, 3.8) is 0 Å². The Morgan fingerprint density at radius 2 is 0.776 bits per heavy atom. The average molecular weight is 1070 g/mol. The van der Waals surface area contributed by atoms with Crippen molar-refractivity contribution < 1.29 is 39.8 Å². The van der Waals surface area contributed by atoms with Crippen LogP contribution in [0, 0.1) is 0 Å². The lowest BCUT2D eigenvalue weighted by Gasteiger charge is -2.40. The van der Waals surface area contributed by atoms with Crippen molar-refractivity contribution in [2.45, 2.75) is 358 Å². The van der Waals surface area contributed by atoms with Crippen LogP contribution in [0.5, 0.6) is 0 Å². The van der Waals surface area contributed by atoms with Gasteiger partial charge in [0.2, 0.25) is 5.91 Å². The van der Waals surface area contributed by atoms with E-state index in [1.54, 1.807) is 6.08 Å². The summed E-state index contributed by atoms with van der Waals surface area (Å²) in [5, 5.41) is 54.7. The molecular formula is C67H125NO8. The molecule has 0 aromatic carbocycles. The van der Waals surface area contributed by atoms with Gasteiger partial charge in [0.25, 0.3) is 0 Å². The van der Waals surface area contributed by atoms with Crippen LogP contribution in [0.3, 0.4) is 0 Å². The highest BCUT2D eigenvalue weighted by Gasteiger charge is 2.44. The molecule has 0 aromatic rings. The third-order valence-electron chi connectivity index (χ3n) is 15.6. The number of hydrogen-bond donors (Lipinski definition) is 6. The van der Waals surface area contributed by atoms with E-state index in [0.717, 1.165) is 64.2 Å². The van der Waals surface area contributed by atoms with Gasteiger partial charge in [-0.15, -0.1) is 0 Å². The van der Waals surface area contributed by atoms with Crippen molar-refractivity contribution in [2.75, 3.05) is 13.2 Å². The Hall–Kier alpha value is -1.85. The molecule has 9 nitrogen and oxygen atoms in total. The number of allylic oxidation sites excluding steroid dienone is 7. The number of aliphatic hydroxyl groups is 5. The zero-order valence-corrected chi connectivity index (χ0v) is 49.8. The summed E-state index contributed by atoms with van der Waals surface area (Å²) in [6.45, 7) is 3.79. The van der Waals surface area contributed by atoms with Crippen LogP contribution in [0.25, 0.3) is 0 Å². The first-order valence-corrected chi connectivity index (χ1v) is 32.9. The van der Waals surface area contributed by atoms with Gasteiger partial charge in [-0.3, -0.25) is 4.79 Å². The summed E-state index contributed by atoms with van der Waals surface area (Å²) in [7, 11) is 0. The molecule has 0 spiro atoms. The van der Waals surface area contributed by atoms with E-state index in [2.05, 4.69) is 55.6 Å². The molecule has 1 rings (SSSR count). The fourth-order valence-electron chi connectivity index (χ4n) is 10.5. The van der Waals surface area contributed by atoms with Gasteiger partial charge in [0.15, 0.2) is 6.29 Å². The maximum absolute atomic E-state index is 13.1. The van der Waals surface area contributed by atoms with Crippen LogP contribution >= 0.6 is 0 Å². The third-order valence-corrected chi connectivity index (χ3v) is 15.6. The molecule has 0 bridgehead atoms. The summed E-state index contributed by atoms with van der Waals surface area (Å²) >= 11 is 0. The fourth-order valence-corrected chi connectivity index (χ4v) is 10.5. The van der Waals surface area contributed by atoms with Crippen molar-refractivity contribution in [1.29, 1.82) is 0 Å². The number of rotatable bonds is 57. The Balaban J connectivity index is 2.16. The molecule has 1 saturated heterocycles. The largest absolute Gasteiger partial charge is 0.394 e. The van der Waals surface area contributed by atoms with E-state index in [4.69, 9.17) is 9.47 Å². The van der Waals surface area contributed by atoms with Crippen molar-refractivity contribution in [2.24, 2.45) is 0 Å². The fraction of sp³-hybridized carbons (Fsp3) is 0.866. The molecule has 7 atom stereocenters. The van der Waals surface area contributed by atoms with Gasteiger partial charge in [0.1, 0.15) is 24.4 Å². The van der Waals surface area contributed by atoms with Gasteiger partial charge < -0.3 is 40.3 Å². The number of carbonyl (C=O) groups excluding carboxylic acids is 1. The molecule has 1 heterocycles. The molecule has 446 valence electrons. The predicted octanol–water partition coefficient (Wildman–Crippen LogP) is 17.2. The van der Waals surface area contributed by atoms with E-state index in [-0.39, 0.29) is 12.5 Å². The normalized spacial score (nSPS) is 19.1. The van der Waals surface area contributed by atoms with Crippen molar-refractivity contribution in [3.8, 4) is 0 Å². The van der Waals surface area contributed by atoms with Crippen LogP contribution in [-0.2, 0) is 14.3 Å². The average Bonchev–Trinajstić information content (AvgIpc) is 3.42. The second-order valence-electron chi connectivity index (χ2n) is 22.9. The summed E-state index contributed by atoms with van der Waals surface area (Å²) in [5.74, 6) is -0.186. The smallest absolute Gasteiger partial charge is 0.220 e. The molecule has 7 unspecified atom stereocenters. The van der Waals surface area contributed by atoms with Crippen LogP contribution in [0.2, 0.25) is 0 Å². The van der Waals surface area contributed by atoms with E-state index in [1.165, 1.54) is 231 Å². The Morgan fingerprint density at radius 1 is 0.447 bits per heavy atom. The van der Waals surface area contributed by atoms with E-state index >= 15 is 0 Å². The monoisotopic (exact) mass is 1070 g/mol. The summed E-state index contributed by atoms with van der Waals surface area (Å²) in [6, 6.07) is -0.815. The summed E-state index contributed by atoms with van der Waals surface area (Å²) < 4.78 is 11.3. The molecule has 0 saturated carbocycles. The summed E-state index contributed by atoms with van der Waals surface area (Å²) in [6.07, 6.45) is 69.2. The van der Waals surface area contributed by atoms with E-state index in [1.807, 2.05) is 6.08 Å². The minimum absolute atomic E-state index is 0.186. The first-order chi connectivity index (χ1) is 37.3. The van der Waals surface area contributed by atoms with Gasteiger partial charge in [-0.2, -0.15) is 0 Å². The van der Waals surface area contributed by atoms with Crippen molar-refractivity contribution in [1.82, 2.24) is 5.32 Å². The number of nitrogens with one attached hydrogen (secondary N) is 1. The lowest BCUT2D eigenvalue weighted by atomic mass is 9.99. The first kappa shape index (κ1) is 72.2. The van der Waals surface area contributed by atoms with Crippen LogP contribution in [0.1, 0.15) is 316 Å². The highest BCUT2D eigenvalue weighted by Crippen LogP contribution is 2.23. The van der Waals surface area contributed by atoms with E-state index in [9.17, 15) is 30.3 Å². The van der Waals surface area contributed by atoms with E-state index in [0.29, 0.717) is 6.42 Å². The number of amides is 1. The second kappa shape index (κ2) is 56.4. The molecule has 0 radical (unpaired) electrons. The zero-order valence-electron chi connectivity index (χ0n) is 49.8. The molecule has 1 aliphatic heterocycles. The minimum Gasteiger partial charge on any atom is -0.394 e. The Labute approximate surface area is 469 Å². The molecule has 0 aromatic heterocycles. The Morgan fingerprint density at radius 3 is 1.14 bits per heavy atom. The molecule has 9 heteroatoms. The minimum atomic E-state index is -1.57. The van der Waals surface area contributed by atoms with Crippen LogP contribution in [0.15, 0.2) is 48.6 Å². The number of unbranched alkanes of at least 4 members (excludes halogenated alkanes) is 41. The maximum Gasteiger partial charge on any atom is 0.220 e. The molecule has 0 aliphatic carbocycles. The molecular weight excluding hydrogens is 947 g/mol. The predicted molar refractivity (Wildman–Crippen MR) is 323 cm³/mol. The first-order valence-electron chi connectivity index (χ1n) is 32.9. The van der Waals surface area contributed by atoms with Gasteiger partial charge in [0.05, 0.1) is 25.4 Å². The number of hydrogen-bond acceptors (Lipinski definition) is 8. The van der Waals surface area contributed by atoms with Crippen molar-refractivity contribution in [3.05, 3.63) is 48.6 Å². The number of aliphatic hydroxyl groups excluding tert-OH is 5. The van der Waals surface area contributed by atoms with Crippen molar-refractivity contribution >= 4 is 5.91 Å². The Kier molecular flexibility index (Phi) is 53.6. The van der Waals surface area contributed by atoms with Crippen LogP contribution in [0.4, 0.5) is 0 Å². The second-order valence-corrected chi connectivity index (χ2v) is 22.9. The zero-order chi connectivity index (χ0) is 55.0. The maximum atomic E-state index is 13.1. The quantitative estimate of drug-likeness (QED) is 0.0261. The van der Waals surface area contributed by atoms with Gasteiger partial charge in [0, 0.05) is 6.42 Å². The summed E-state index contributed by atoms with van der Waals surface area (Å²) in [5.41, 5.74) is 0. The molecule has 1 amide bonds. The highest BCUT2D eigenvalue weighted by atomic mass is 16.7. The molecule has 76 heavy (non-hydrogen) atoms.